The first-order valence-corrected chi connectivity index (χ1v) is 8.95. The summed E-state index contributed by atoms with van der Waals surface area (Å²) in [5.41, 5.74) is -0.247. The van der Waals surface area contributed by atoms with Crippen LogP contribution in [0.15, 0.2) is 61.4 Å². The number of nitro groups is 1. The van der Waals surface area contributed by atoms with Gasteiger partial charge in [-0.3, -0.25) is 14.9 Å². The van der Waals surface area contributed by atoms with E-state index in [0.717, 1.165) is 36.0 Å². The zero-order chi connectivity index (χ0) is 18.0. The molecule has 1 aliphatic heterocycles. The van der Waals surface area contributed by atoms with E-state index in [1.165, 1.54) is 12.3 Å². The molecular formula is C14H9N3O6S2. The quantitative estimate of drug-likeness (QED) is 0.635. The van der Waals surface area contributed by atoms with E-state index in [0.29, 0.717) is 10.8 Å². The van der Waals surface area contributed by atoms with E-state index in [2.05, 4.69) is 9.71 Å². The molecule has 0 saturated carbocycles. The van der Waals surface area contributed by atoms with Gasteiger partial charge >= 0.3 is 0 Å². The molecule has 3 rings (SSSR count). The van der Waals surface area contributed by atoms with E-state index in [1.807, 2.05) is 0 Å². The molecular weight excluding hydrogens is 370 g/mol. The third-order valence-electron chi connectivity index (χ3n) is 3.00. The molecule has 0 aliphatic carbocycles. The molecule has 0 spiro atoms. The standard InChI is InChI=1S/C14H9N3O6S2/c18-13-14(24-12(15-13)8-10-2-1-7-23-10)16-25(21,22)11-5-3-9(4-6-11)17(19)20/h1-8H,(H,15,18)/b12-8+,16-14+. The van der Waals surface area contributed by atoms with Crippen LogP contribution in [0, 0.1) is 10.1 Å². The fourth-order valence-corrected chi connectivity index (χ4v) is 3.87. The number of sulfonamides is 1. The first-order chi connectivity index (χ1) is 11.8. The van der Waals surface area contributed by atoms with Gasteiger partial charge in [0, 0.05) is 18.2 Å². The molecule has 0 atom stereocenters. The number of carbonyl (C=O) groups excluding carboxylic acids is 1. The molecule has 25 heavy (non-hydrogen) atoms. The molecule has 1 aromatic carbocycles. The lowest BCUT2D eigenvalue weighted by Gasteiger charge is -1.99. The molecule has 1 N–H and O–H groups in total. The van der Waals surface area contributed by atoms with Gasteiger partial charge in [0.1, 0.15) is 5.76 Å². The van der Waals surface area contributed by atoms with Crippen molar-refractivity contribution in [3.63, 3.8) is 0 Å². The maximum atomic E-state index is 12.2. The van der Waals surface area contributed by atoms with Crippen LogP contribution in [0.25, 0.3) is 6.08 Å². The van der Waals surface area contributed by atoms with Crippen molar-refractivity contribution in [2.24, 2.45) is 4.40 Å². The molecule has 1 aliphatic rings. The number of furan rings is 1. The van der Waals surface area contributed by atoms with Crippen LogP contribution in [0.1, 0.15) is 5.76 Å². The molecule has 128 valence electrons. The summed E-state index contributed by atoms with van der Waals surface area (Å²) in [6.45, 7) is 0. The number of hydrogen-bond acceptors (Lipinski definition) is 7. The van der Waals surface area contributed by atoms with Gasteiger partial charge in [0.2, 0.25) is 0 Å². The van der Waals surface area contributed by atoms with Crippen molar-refractivity contribution in [3.8, 4) is 0 Å². The highest BCUT2D eigenvalue weighted by molar-refractivity contribution is 8.20. The van der Waals surface area contributed by atoms with Crippen LogP contribution in [0.2, 0.25) is 0 Å². The average Bonchev–Trinajstić information content (AvgIpc) is 3.18. The fourth-order valence-electron chi connectivity index (χ4n) is 1.87. The number of hydrogen-bond donors (Lipinski definition) is 1. The smallest absolute Gasteiger partial charge is 0.283 e. The van der Waals surface area contributed by atoms with Crippen molar-refractivity contribution in [3.05, 3.63) is 63.6 Å². The zero-order valence-electron chi connectivity index (χ0n) is 12.3. The molecule has 1 amide bonds. The van der Waals surface area contributed by atoms with Gasteiger partial charge in [-0.05, 0) is 36.0 Å². The monoisotopic (exact) mass is 379 g/mol. The summed E-state index contributed by atoms with van der Waals surface area (Å²) in [5, 5.41) is 13.2. The molecule has 2 heterocycles. The maximum absolute atomic E-state index is 12.2. The number of amides is 1. The summed E-state index contributed by atoms with van der Waals surface area (Å²) in [6, 6.07) is 7.57. The van der Waals surface area contributed by atoms with Crippen molar-refractivity contribution in [1.29, 1.82) is 0 Å². The van der Waals surface area contributed by atoms with Crippen LogP contribution in [0.3, 0.4) is 0 Å². The largest absolute Gasteiger partial charge is 0.465 e. The Bertz CT molecular complexity index is 992. The van der Waals surface area contributed by atoms with E-state index < -0.39 is 20.9 Å². The lowest BCUT2D eigenvalue weighted by Crippen LogP contribution is -2.19. The predicted molar refractivity (Wildman–Crippen MR) is 90.1 cm³/mol. The van der Waals surface area contributed by atoms with Gasteiger partial charge in [0.25, 0.3) is 21.6 Å². The minimum Gasteiger partial charge on any atom is -0.465 e. The van der Waals surface area contributed by atoms with Crippen LogP contribution in [-0.4, -0.2) is 24.3 Å². The highest BCUT2D eigenvalue weighted by atomic mass is 32.2. The number of nitrogens with zero attached hydrogens (tertiary/aromatic N) is 2. The van der Waals surface area contributed by atoms with Crippen LogP contribution in [-0.2, 0) is 14.8 Å². The van der Waals surface area contributed by atoms with Crippen molar-refractivity contribution in [2.75, 3.05) is 0 Å². The van der Waals surface area contributed by atoms with Crippen LogP contribution in [0.4, 0.5) is 5.69 Å². The number of nitro benzene ring substituents is 1. The second-order valence-corrected chi connectivity index (χ2v) is 7.34. The van der Waals surface area contributed by atoms with E-state index >= 15 is 0 Å². The van der Waals surface area contributed by atoms with E-state index in [9.17, 15) is 23.3 Å². The number of non-ortho nitro benzene ring substituents is 1. The average molecular weight is 379 g/mol. The summed E-state index contributed by atoms with van der Waals surface area (Å²) in [5.74, 6) is -0.171. The molecule has 11 heteroatoms. The summed E-state index contributed by atoms with van der Waals surface area (Å²) >= 11 is 0.850. The zero-order valence-corrected chi connectivity index (χ0v) is 13.9. The second-order valence-electron chi connectivity index (χ2n) is 4.70. The maximum Gasteiger partial charge on any atom is 0.283 e. The van der Waals surface area contributed by atoms with Gasteiger partial charge in [-0.15, -0.1) is 4.40 Å². The normalized spacial score (nSPS) is 17.8. The van der Waals surface area contributed by atoms with Crippen molar-refractivity contribution in [1.82, 2.24) is 5.32 Å². The lowest BCUT2D eigenvalue weighted by atomic mass is 10.3. The Morgan fingerprint density at radius 3 is 2.56 bits per heavy atom. The van der Waals surface area contributed by atoms with Crippen LogP contribution < -0.4 is 5.32 Å². The highest BCUT2D eigenvalue weighted by Gasteiger charge is 2.28. The Hall–Kier alpha value is -2.92. The number of rotatable bonds is 4. The summed E-state index contributed by atoms with van der Waals surface area (Å²) in [7, 11) is -4.17. The molecule has 1 saturated heterocycles. The topological polar surface area (TPSA) is 132 Å². The molecule has 0 unspecified atom stereocenters. The van der Waals surface area contributed by atoms with E-state index in [-0.39, 0.29) is 15.6 Å². The molecule has 0 radical (unpaired) electrons. The summed E-state index contributed by atoms with van der Waals surface area (Å²) < 4.78 is 33.1. The van der Waals surface area contributed by atoms with Gasteiger partial charge in [-0.25, -0.2) is 0 Å². The minimum absolute atomic E-state index is 0.247. The molecule has 9 nitrogen and oxygen atoms in total. The van der Waals surface area contributed by atoms with E-state index in [1.54, 1.807) is 12.1 Å². The first kappa shape index (κ1) is 16.9. The predicted octanol–water partition coefficient (Wildman–Crippen LogP) is 2.14. The van der Waals surface area contributed by atoms with E-state index in [4.69, 9.17) is 4.42 Å². The van der Waals surface area contributed by atoms with Crippen LogP contribution in [0.5, 0.6) is 0 Å². The third-order valence-corrected chi connectivity index (χ3v) is 5.32. The lowest BCUT2D eigenvalue weighted by molar-refractivity contribution is -0.384. The molecule has 2 aromatic rings. The molecule has 0 bridgehead atoms. The number of benzene rings is 1. The minimum atomic E-state index is -4.17. The van der Waals surface area contributed by atoms with Gasteiger partial charge in [-0.2, -0.15) is 8.42 Å². The van der Waals surface area contributed by atoms with Crippen molar-refractivity contribution in [2.45, 2.75) is 4.90 Å². The Morgan fingerprint density at radius 1 is 1.24 bits per heavy atom. The second kappa shape index (κ2) is 6.53. The van der Waals surface area contributed by atoms with Gasteiger partial charge < -0.3 is 9.73 Å². The SMILES string of the molecule is O=C1N/C(=C\c2ccco2)S/C1=N/S(=O)(=O)c1ccc([N+](=O)[O-])cc1. The Morgan fingerprint density at radius 2 is 1.96 bits per heavy atom. The Kier molecular flexibility index (Phi) is 4.42. The van der Waals surface area contributed by atoms with Crippen LogP contribution >= 0.6 is 11.8 Å². The summed E-state index contributed by atoms with van der Waals surface area (Å²) in [4.78, 5) is 21.6. The van der Waals surface area contributed by atoms with Gasteiger partial charge in [0.05, 0.1) is 21.1 Å². The highest BCUT2D eigenvalue weighted by Crippen LogP contribution is 2.27. The number of nitrogens with one attached hydrogen (secondary N) is 1. The Balaban J connectivity index is 1.86. The number of carbonyl (C=O) groups is 1. The fraction of sp³-hybridized carbons (Fsp3) is 0. The van der Waals surface area contributed by atoms with Crippen molar-refractivity contribution < 1.29 is 22.6 Å². The van der Waals surface area contributed by atoms with Crippen molar-refractivity contribution >= 4 is 44.5 Å². The first-order valence-electron chi connectivity index (χ1n) is 6.69. The summed E-state index contributed by atoms with van der Waals surface area (Å²) in [6.07, 6.45) is 2.99. The van der Waals surface area contributed by atoms with Gasteiger partial charge in [-0.1, -0.05) is 0 Å². The number of thioether (sulfide) groups is 1. The van der Waals surface area contributed by atoms with Gasteiger partial charge in [0.15, 0.2) is 5.04 Å². The Labute approximate surface area is 145 Å². The molecule has 1 fully saturated rings. The third kappa shape index (κ3) is 3.78. The molecule has 1 aromatic heterocycles.